The minimum absolute atomic E-state index is 0.0865. The Labute approximate surface area is 161 Å². The van der Waals surface area contributed by atoms with Crippen molar-refractivity contribution in [1.29, 1.82) is 0 Å². The van der Waals surface area contributed by atoms with Crippen LogP contribution in [0.5, 0.6) is 5.75 Å². The van der Waals surface area contributed by atoms with E-state index in [0.717, 1.165) is 12.0 Å². The van der Waals surface area contributed by atoms with Crippen molar-refractivity contribution in [3.8, 4) is 5.75 Å². The number of hydrogen-bond acceptors (Lipinski definition) is 5. The van der Waals surface area contributed by atoms with E-state index in [9.17, 15) is 14.9 Å². The number of nitro benzene ring substituents is 1. The number of anilines is 1. The Morgan fingerprint density at radius 1 is 1.22 bits per heavy atom. The summed E-state index contributed by atoms with van der Waals surface area (Å²) in [5.74, 6) is 0.274. The molecule has 0 aliphatic heterocycles. The van der Waals surface area contributed by atoms with Crippen molar-refractivity contribution in [2.45, 2.75) is 12.3 Å². The zero-order valence-corrected chi connectivity index (χ0v) is 15.3. The van der Waals surface area contributed by atoms with Gasteiger partial charge in [0, 0.05) is 12.0 Å². The normalized spacial score (nSPS) is 17.5. The van der Waals surface area contributed by atoms with E-state index in [-0.39, 0.29) is 34.3 Å². The molecule has 0 heterocycles. The molecule has 9 heteroatoms. The molecule has 0 spiro atoms. The minimum atomic E-state index is -0.512. The fourth-order valence-electron chi connectivity index (χ4n) is 2.81. The summed E-state index contributed by atoms with van der Waals surface area (Å²) in [5.41, 5.74) is 6.74. The van der Waals surface area contributed by atoms with Crippen molar-refractivity contribution in [2.75, 3.05) is 12.4 Å². The van der Waals surface area contributed by atoms with Crippen LogP contribution in [0.1, 0.15) is 17.9 Å². The largest absolute Gasteiger partial charge is 0.494 e. The van der Waals surface area contributed by atoms with Crippen molar-refractivity contribution in [2.24, 2.45) is 5.92 Å². The first-order valence-corrected chi connectivity index (χ1v) is 8.64. The number of thiocarbonyl (C=S) groups is 1. The van der Waals surface area contributed by atoms with Crippen LogP contribution in [0, 0.1) is 16.0 Å². The molecule has 0 saturated heterocycles. The van der Waals surface area contributed by atoms with Crippen LogP contribution in [0.4, 0.5) is 11.4 Å². The molecule has 27 heavy (non-hydrogen) atoms. The SMILES string of the molecule is COc1cc([N+](=O)[O-])ccc1NC(=S)NNC(=O)[C@H]1C[C@@H]1c1ccccc1. The first kappa shape index (κ1) is 18.6. The summed E-state index contributed by atoms with van der Waals surface area (Å²) in [6.45, 7) is 0. The number of hydrogen-bond donors (Lipinski definition) is 3. The lowest BCUT2D eigenvalue weighted by atomic mass is 10.1. The molecule has 3 N–H and O–H groups in total. The second-order valence-corrected chi connectivity index (χ2v) is 6.48. The average Bonchev–Trinajstić information content (AvgIpc) is 3.48. The lowest BCUT2D eigenvalue weighted by molar-refractivity contribution is -0.384. The van der Waals surface area contributed by atoms with Gasteiger partial charge in [-0.1, -0.05) is 30.3 Å². The molecule has 0 unspecified atom stereocenters. The molecule has 8 nitrogen and oxygen atoms in total. The maximum Gasteiger partial charge on any atom is 0.273 e. The lowest BCUT2D eigenvalue weighted by Crippen LogP contribution is -2.44. The van der Waals surface area contributed by atoms with E-state index in [0.29, 0.717) is 5.69 Å². The van der Waals surface area contributed by atoms with Gasteiger partial charge in [-0.15, -0.1) is 0 Å². The van der Waals surface area contributed by atoms with E-state index in [1.54, 1.807) is 0 Å². The number of nitrogens with one attached hydrogen (secondary N) is 3. The number of carbonyl (C=O) groups excluding carboxylic acids is 1. The third-order valence-electron chi connectivity index (χ3n) is 4.30. The van der Waals surface area contributed by atoms with Crippen LogP contribution in [0.25, 0.3) is 0 Å². The van der Waals surface area contributed by atoms with Gasteiger partial charge in [-0.25, -0.2) is 0 Å². The van der Waals surface area contributed by atoms with E-state index >= 15 is 0 Å². The number of amides is 1. The monoisotopic (exact) mass is 386 g/mol. The third kappa shape index (κ3) is 4.50. The third-order valence-corrected chi connectivity index (χ3v) is 4.50. The Hall–Kier alpha value is -3.20. The van der Waals surface area contributed by atoms with E-state index < -0.39 is 4.92 Å². The highest BCUT2D eigenvalue weighted by molar-refractivity contribution is 7.80. The number of carbonyl (C=O) groups is 1. The molecular weight excluding hydrogens is 368 g/mol. The van der Waals surface area contributed by atoms with Gasteiger partial charge in [-0.2, -0.15) is 0 Å². The molecule has 1 aliphatic carbocycles. The molecule has 1 aliphatic rings. The van der Waals surface area contributed by atoms with Gasteiger partial charge in [0.05, 0.1) is 23.8 Å². The molecule has 1 fully saturated rings. The molecule has 2 aromatic carbocycles. The maximum atomic E-state index is 12.2. The van der Waals surface area contributed by atoms with Gasteiger partial charge in [-0.05, 0) is 36.2 Å². The zero-order valence-electron chi connectivity index (χ0n) is 14.5. The number of nitrogens with zero attached hydrogens (tertiary/aromatic N) is 1. The van der Waals surface area contributed by atoms with Crippen LogP contribution in [-0.2, 0) is 4.79 Å². The van der Waals surface area contributed by atoms with Gasteiger partial charge < -0.3 is 10.1 Å². The number of nitro groups is 1. The lowest BCUT2D eigenvalue weighted by Gasteiger charge is -2.14. The molecule has 2 aromatic rings. The zero-order chi connectivity index (χ0) is 19.4. The number of ether oxygens (including phenoxy) is 1. The Morgan fingerprint density at radius 3 is 2.63 bits per heavy atom. The molecule has 2 atom stereocenters. The van der Waals surface area contributed by atoms with Crippen molar-refractivity contribution < 1.29 is 14.5 Å². The highest BCUT2D eigenvalue weighted by Gasteiger charge is 2.43. The van der Waals surface area contributed by atoms with Crippen LogP contribution in [0.15, 0.2) is 48.5 Å². The standard InChI is InChI=1S/C18H18N4O4S/c1-26-16-9-12(22(24)25)7-8-15(16)19-18(27)21-20-17(23)14-10-13(14)11-5-3-2-4-6-11/h2-9,13-14H,10H2,1H3,(H,20,23)(H2,19,21,27)/t13-,14+/m1/s1. The van der Waals surface area contributed by atoms with E-state index in [1.165, 1.54) is 25.3 Å². The first-order chi connectivity index (χ1) is 13.0. The minimum Gasteiger partial charge on any atom is -0.494 e. The maximum absolute atomic E-state index is 12.2. The molecule has 1 saturated carbocycles. The average molecular weight is 386 g/mol. The van der Waals surface area contributed by atoms with Crippen LogP contribution in [0.2, 0.25) is 0 Å². The highest BCUT2D eigenvalue weighted by atomic mass is 32.1. The second-order valence-electron chi connectivity index (χ2n) is 6.07. The topological polar surface area (TPSA) is 106 Å². The summed E-state index contributed by atoms with van der Waals surface area (Å²) in [6, 6.07) is 14.0. The summed E-state index contributed by atoms with van der Waals surface area (Å²) in [5, 5.41) is 13.8. The molecule has 0 radical (unpaired) electrons. The molecule has 3 rings (SSSR count). The van der Waals surface area contributed by atoms with Crippen LogP contribution in [-0.4, -0.2) is 23.1 Å². The summed E-state index contributed by atoms with van der Waals surface area (Å²) < 4.78 is 5.13. The van der Waals surface area contributed by atoms with Gasteiger partial charge in [-0.3, -0.25) is 25.8 Å². The molecule has 0 bridgehead atoms. The van der Waals surface area contributed by atoms with Gasteiger partial charge in [0.2, 0.25) is 5.91 Å². The van der Waals surface area contributed by atoms with E-state index in [2.05, 4.69) is 16.2 Å². The first-order valence-electron chi connectivity index (χ1n) is 8.24. The van der Waals surface area contributed by atoms with Gasteiger partial charge in [0.1, 0.15) is 5.75 Å². The quantitative estimate of drug-likeness (QED) is 0.412. The number of benzene rings is 2. The summed E-state index contributed by atoms with van der Waals surface area (Å²) in [4.78, 5) is 22.5. The predicted octanol–water partition coefficient (Wildman–Crippen LogP) is 2.72. The van der Waals surface area contributed by atoms with Gasteiger partial charge in [0.15, 0.2) is 5.11 Å². The highest BCUT2D eigenvalue weighted by Crippen LogP contribution is 2.47. The Balaban J connectivity index is 1.52. The van der Waals surface area contributed by atoms with Crippen molar-refractivity contribution >= 4 is 34.6 Å². The van der Waals surface area contributed by atoms with Crippen molar-refractivity contribution in [1.82, 2.24) is 10.9 Å². The summed E-state index contributed by atoms with van der Waals surface area (Å²) in [6.07, 6.45) is 0.799. The number of non-ortho nitro benzene ring substituents is 1. The van der Waals surface area contributed by atoms with E-state index in [1.807, 2.05) is 30.3 Å². The van der Waals surface area contributed by atoms with Gasteiger partial charge in [0.25, 0.3) is 5.69 Å². The fraction of sp³-hybridized carbons (Fsp3) is 0.222. The predicted molar refractivity (Wildman–Crippen MR) is 104 cm³/mol. The number of rotatable bonds is 5. The van der Waals surface area contributed by atoms with Crippen LogP contribution < -0.4 is 20.9 Å². The summed E-state index contributed by atoms with van der Waals surface area (Å²) in [7, 11) is 1.40. The number of hydrazine groups is 1. The fourth-order valence-corrected chi connectivity index (χ4v) is 2.98. The van der Waals surface area contributed by atoms with Crippen molar-refractivity contribution in [3.05, 3.63) is 64.2 Å². The molecule has 140 valence electrons. The molecule has 1 amide bonds. The smallest absolute Gasteiger partial charge is 0.273 e. The Morgan fingerprint density at radius 2 is 1.96 bits per heavy atom. The number of methoxy groups -OCH3 is 1. The van der Waals surface area contributed by atoms with Crippen LogP contribution >= 0.6 is 12.2 Å². The Bertz CT molecular complexity index is 875. The van der Waals surface area contributed by atoms with Crippen molar-refractivity contribution in [3.63, 3.8) is 0 Å². The van der Waals surface area contributed by atoms with Gasteiger partial charge >= 0.3 is 0 Å². The molecule has 0 aromatic heterocycles. The van der Waals surface area contributed by atoms with Crippen LogP contribution in [0.3, 0.4) is 0 Å². The second kappa shape index (κ2) is 8.00. The Kier molecular flexibility index (Phi) is 5.51. The molecular formula is C18H18N4O4S. The summed E-state index contributed by atoms with van der Waals surface area (Å²) >= 11 is 5.15. The van der Waals surface area contributed by atoms with E-state index in [4.69, 9.17) is 17.0 Å².